The highest BCUT2D eigenvalue weighted by Crippen LogP contribution is 2.26. The van der Waals surface area contributed by atoms with E-state index in [2.05, 4.69) is 39.8 Å². The zero-order valence-electron chi connectivity index (χ0n) is 17.7. The van der Waals surface area contributed by atoms with Crippen LogP contribution in [0.4, 0.5) is 11.4 Å². The second-order valence-electron chi connectivity index (χ2n) is 7.86. The van der Waals surface area contributed by atoms with Gasteiger partial charge in [-0.3, -0.25) is 9.59 Å². The first-order chi connectivity index (χ1) is 15.2. The van der Waals surface area contributed by atoms with Crippen molar-refractivity contribution in [1.82, 2.24) is 5.32 Å². The molecule has 4 rings (SSSR count). The first kappa shape index (κ1) is 21.2. The normalized spacial score (nSPS) is 15.7. The van der Waals surface area contributed by atoms with Crippen LogP contribution in [0.2, 0.25) is 0 Å². The van der Waals surface area contributed by atoms with Crippen molar-refractivity contribution in [2.24, 2.45) is 0 Å². The van der Waals surface area contributed by atoms with E-state index in [0.29, 0.717) is 32.4 Å². The highest BCUT2D eigenvalue weighted by atomic mass is 16.5. The molecule has 164 valence electrons. The van der Waals surface area contributed by atoms with Crippen molar-refractivity contribution in [1.29, 1.82) is 0 Å². The smallest absolute Gasteiger partial charge is 0.224 e. The first-order valence-corrected chi connectivity index (χ1v) is 10.9. The Labute approximate surface area is 182 Å². The van der Waals surface area contributed by atoms with Gasteiger partial charge in [-0.1, -0.05) is 12.1 Å². The molecule has 2 aromatic carbocycles. The molecule has 2 N–H and O–H groups in total. The molecule has 0 spiro atoms. The van der Waals surface area contributed by atoms with Crippen molar-refractivity contribution >= 4 is 23.2 Å². The summed E-state index contributed by atoms with van der Waals surface area (Å²) >= 11 is 0. The Hall–Kier alpha value is -3.06. The summed E-state index contributed by atoms with van der Waals surface area (Å²) in [7, 11) is 0. The van der Waals surface area contributed by atoms with E-state index < -0.39 is 0 Å². The number of nitrogens with zero attached hydrogens (tertiary/aromatic N) is 1. The molecular formula is C24H29N3O4. The quantitative estimate of drug-likeness (QED) is 0.639. The lowest BCUT2D eigenvalue weighted by atomic mass is 10.0. The van der Waals surface area contributed by atoms with Crippen molar-refractivity contribution in [3.05, 3.63) is 53.6 Å². The number of carbonyl (C=O) groups excluding carboxylic acids is 2. The van der Waals surface area contributed by atoms with Crippen LogP contribution in [0.5, 0.6) is 5.75 Å². The fourth-order valence-corrected chi connectivity index (χ4v) is 3.81. The van der Waals surface area contributed by atoms with Crippen LogP contribution in [0.3, 0.4) is 0 Å². The van der Waals surface area contributed by atoms with Crippen LogP contribution in [0.1, 0.15) is 30.4 Å². The molecule has 2 aromatic rings. The lowest BCUT2D eigenvalue weighted by Gasteiger charge is -2.28. The number of nitrogens with one attached hydrogen (secondary N) is 2. The molecule has 2 amide bonds. The number of ether oxygens (including phenoxy) is 2. The van der Waals surface area contributed by atoms with E-state index in [4.69, 9.17) is 9.47 Å². The van der Waals surface area contributed by atoms with E-state index in [1.165, 1.54) is 5.69 Å². The molecule has 0 radical (unpaired) electrons. The number of benzene rings is 2. The summed E-state index contributed by atoms with van der Waals surface area (Å²) in [6.45, 7) is 4.38. The Bertz CT molecular complexity index is 908. The molecule has 0 atom stereocenters. The number of hydrogen-bond donors (Lipinski definition) is 2. The van der Waals surface area contributed by atoms with Crippen LogP contribution in [0, 0.1) is 0 Å². The van der Waals surface area contributed by atoms with Crippen molar-refractivity contribution in [2.75, 3.05) is 43.1 Å². The molecule has 31 heavy (non-hydrogen) atoms. The van der Waals surface area contributed by atoms with Gasteiger partial charge in [0.1, 0.15) is 5.75 Å². The highest BCUT2D eigenvalue weighted by Gasteiger charge is 2.15. The predicted molar refractivity (Wildman–Crippen MR) is 119 cm³/mol. The minimum atomic E-state index is 0.0222. The molecule has 0 aliphatic carbocycles. The summed E-state index contributed by atoms with van der Waals surface area (Å²) in [5.74, 6) is 0.852. The van der Waals surface area contributed by atoms with Gasteiger partial charge in [0.05, 0.1) is 19.8 Å². The van der Waals surface area contributed by atoms with E-state index in [9.17, 15) is 9.59 Å². The van der Waals surface area contributed by atoms with Crippen molar-refractivity contribution in [2.45, 2.75) is 32.2 Å². The van der Waals surface area contributed by atoms with Crippen LogP contribution in [0.25, 0.3) is 0 Å². The van der Waals surface area contributed by atoms with Gasteiger partial charge in [-0.25, -0.2) is 0 Å². The van der Waals surface area contributed by atoms with Crippen molar-refractivity contribution in [3.63, 3.8) is 0 Å². The molecule has 1 saturated heterocycles. The van der Waals surface area contributed by atoms with Gasteiger partial charge in [-0.15, -0.1) is 0 Å². The summed E-state index contributed by atoms with van der Waals surface area (Å²) in [5, 5.41) is 5.84. The number of rotatable bonds is 8. The topological polar surface area (TPSA) is 79.9 Å². The summed E-state index contributed by atoms with van der Waals surface area (Å²) < 4.78 is 11.2. The molecule has 1 fully saturated rings. The fraction of sp³-hybridized carbons (Fsp3) is 0.417. The maximum Gasteiger partial charge on any atom is 0.224 e. The molecule has 0 saturated carbocycles. The SMILES string of the molecule is O=C(CCCOc1ccc2c(c1)CCC(=O)N2)NCc1ccc(N2CCOCC2)cc1. The molecule has 2 aliphatic heterocycles. The summed E-state index contributed by atoms with van der Waals surface area (Å²) in [6, 6.07) is 14.0. The minimum Gasteiger partial charge on any atom is -0.494 e. The molecule has 0 aromatic heterocycles. The Morgan fingerprint density at radius 2 is 1.90 bits per heavy atom. The van der Waals surface area contributed by atoms with E-state index in [-0.39, 0.29) is 11.8 Å². The summed E-state index contributed by atoms with van der Waals surface area (Å²) in [4.78, 5) is 25.9. The van der Waals surface area contributed by atoms with E-state index in [1.54, 1.807) is 0 Å². The number of aryl methyl sites for hydroxylation is 1. The summed E-state index contributed by atoms with van der Waals surface area (Å²) in [6.07, 6.45) is 2.31. The van der Waals surface area contributed by atoms with Gasteiger partial charge in [0.15, 0.2) is 0 Å². The highest BCUT2D eigenvalue weighted by molar-refractivity contribution is 5.94. The third kappa shape index (κ3) is 5.98. The third-order valence-electron chi connectivity index (χ3n) is 5.59. The summed E-state index contributed by atoms with van der Waals surface area (Å²) in [5.41, 5.74) is 4.23. The Morgan fingerprint density at radius 1 is 1.10 bits per heavy atom. The van der Waals surface area contributed by atoms with Crippen LogP contribution >= 0.6 is 0 Å². The lowest BCUT2D eigenvalue weighted by molar-refractivity contribution is -0.121. The average molecular weight is 424 g/mol. The lowest BCUT2D eigenvalue weighted by Crippen LogP contribution is -2.36. The van der Waals surface area contributed by atoms with Crippen LogP contribution in [-0.2, 0) is 27.3 Å². The number of carbonyl (C=O) groups is 2. The second-order valence-corrected chi connectivity index (χ2v) is 7.86. The molecule has 2 heterocycles. The van der Waals surface area contributed by atoms with Gasteiger partial charge >= 0.3 is 0 Å². The standard InChI is InChI=1S/C24H29N3O4/c28-23(25-17-18-3-6-20(7-4-18)27-11-14-30-15-12-27)2-1-13-31-21-8-9-22-19(16-21)5-10-24(29)26-22/h3-4,6-9,16H,1-2,5,10-15,17H2,(H,25,28)(H,26,29). The second kappa shape index (κ2) is 10.3. The Morgan fingerprint density at radius 3 is 2.71 bits per heavy atom. The first-order valence-electron chi connectivity index (χ1n) is 10.9. The zero-order chi connectivity index (χ0) is 21.5. The molecule has 7 nitrogen and oxygen atoms in total. The third-order valence-corrected chi connectivity index (χ3v) is 5.59. The average Bonchev–Trinajstić information content (AvgIpc) is 2.81. The monoisotopic (exact) mass is 423 g/mol. The van der Waals surface area contributed by atoms with Crippen LogP contribution in [0.15, 0.2) is 42.5 Å². The van der Waals surface area contributed by atoms with Gasteiger partial charge in [0.2, 0.25) is 11.8 Å². The Kier molecular flexibility index (Phi) is 7.04. The van der Waals surface area contributed by atoms with Gasteiger partial charge in [0.25, 0.3) is 0 Å². The largest absolute Gasteiger partial charge is 0.494 e. The van der Waals surface area contributed by atoms with E-state index >= 15 is 0 Å². The predicted octanol–water partition coefficient (Wildman–Crippen LogP) is 2.88. The maximum absolute atomic E-state index is 12.1. The van der Waals surface area contributed by atoms with E-state index in [0.717, 1.165) is 55.3 Å². The molecule has 0 bridgehead atoms. The number of hydrogen-bond acceptors (Lipinski definition) is 5. The fourth-order valence-electron chi connectivity index (χ4n) is 3.81. The Balaban J connectivity index is 1.14. The van der Waals surface area contributed by atoms with Crippen LogP contribution < -0.4 is 20.3 Å². The molecule has 0 unspecified atom stereocenters. The van der Waals surface area contributed by atoms with E-state index in [1.807, 2.05) is 18.2 Å². The number of amides is 2. The van der Waals surface area contributed by atoms with Gasteiger partial charge in [0, 0.05) is 43.9 Å². The van der Waals surface area contributed by atoms with Crippen molar-refractivity contribution in [3.8, 4) is 5.75 Å². The molecule has 2 aliphatic rings. The number of anilines is 2. The minimum absolute atomic E-state index is 0.0222. The van der Waals surface area contributed by atoms with Gasteiger partial charge < -0.3 is 25.0 Å². The van der Waals surface area contributed by atoms with Crippen molar-refractivity contribution < 1.29 is 19.1 Å². The zero-order valence-corrected chi connectivity index (χ0v) is 17.7. The van der Waals surface area contributed by atoms with Gasteiger partial charge in [-0.05, 0) is 54.3 Å². The van der Waals surface area contributed by atoms with Crippen LogP contribution in [-0.4, -0.2) is 44.7 Å². The van der Waals surface area contributed by atoms with Gasteiger partial charge in [-0.2, -0.15) is 0 Å². The molecule has 7 heteroatoms. The number of morpholine rings is 1. The number of fused-ring (bicyclic) bond motifs is 1. The molecular weight excluding hydrogens is 394 g/mol. The maximum atomic E-state index is 12.1.